The summed E-state index contributed by atoms with van der Waals surface area (Å²) >= 11 is 0. The molecule has 0 radical (unpaired) electrons. The summed E-state index contributed by atoms with van der Waals surface area (Å²) in [6, 6.07) is 4.05. The second-order valence-corrected chi connectivity index (χ2v) is 6.32. The predicted octanol–water partition coefficient (Wildman–Crippen LogP) is 1.79. The van der Waals surface area contributed by atoms with Crippen molar-refractivity contribution in [2.75, 3.05) is 0 Å². The Morgan fingerprint density at radius 3 is 2.71 bits per heavy atom. The van der Waals surface area contributed by atoms with E-state index in [0.29, 0.717) is 12.2 Å². The zero-order valence-corrected chi connectivity index (χ0v) is 12.3. The van der Waals surface area contributed by atoms with Gasteiger partial charge in [-0.3, -0.25) is 0 Å². The molecule has 0 saturated heterocycles. The molecule has 0 fully saturated rings. The molecule has 2 aromatic heterocycles. The third-order valence-electron chi connectivity index (χ3n) is 2.82. The molecule has 0 aromatic carbocycles. The van der Waals surface area contributed by atoms with Crippen LogP contribution in [0.25, 0.3) is 0 Å². The molecule has 21 heavy (non-hydrogen) atoms. The van der Waals surface area contributed by atoms with Crippen molar-refractivity contribution in [2.45, 2.75) is 31.2 Å². The van der Waals surface area contributed by atoms with Crippen LogP contribution >= 0.6 is 0 Å². The second-order valence-electron chi connectivity index (χ2n) is 4.64. The summed E-state index contributed by atoms with van der Waals surface area (Å²) in [7, 11) is -3.85. The van der Waals surface area contributed by atoms with Gasteiger partial charge in [0.05, 0.1) is 6.26 Å². The van der Waals surface area contributed by atoms with Gasteiger partial charge in [0.1, 0.15) is 16.4 Å². The van der Waals surface area contributed by atoms with E-state index in [0.717, 1.165) is 6.07 Å². The minimum absolute atomic E-state index is 0.0325. The van der Waals surface area contributed by atoms with E-state index in [9.17, 15) is 13.2 Å². The SMILES string of the molecule is Cc1oc(C(=O)O)cc1S(=O)(=O)NC(C)Cc1ccco1. The Kier molecular flexibility index (Phi) is 4.19. The molecular formula is C13H15NO6S. The Balaban J connectivity index is 2.16. The summed E-state index contributed by atoms with van der Waals surface area (Å²) < 4.78 is 37.0. The number of sulfonamides is 1. The van der Waals surface area contributed by atoms with E-state index in [1.54, 1.807) is 19.1 Å². The molecule has 2 aromatic rings. The van der Waals surface area contributed by atoms with Crippen LogP contribution in [0, 0.1) is 6.92 Å². The van der Waals surface area contributed by atoms with Crippen LogP contribution in [-0.2, 0) is 16.4 Å². The van der Waals surface area contributed by atoms with Gasteiger partial charge in [0, 0.05) is 18.5 Å². The molecule has 0 aliphatic rings. The standard InChI is InChI=1S/C13H15NO6S/c1-8(6-10-4-3-5-19-10)14-21(17,18)12-7-11(13(15)16)20-9(12)2/h3-5,7-8,14H,6H2,1-2H3,(H,15,16). The van der Waals surface area contributed by atoms with E-state index in [4.69, 9.17) is 13.9 Å². The highest BCUT2D eigenvalue weighted by Crippen LogP contribution is 2.20. The minimum atomic E-state index is -3.85. The first-order valence-electron chi connectivity index (χ1n) is 6.18. The first-order valence-corrected chi connectivity index (χ1v) is 7.66. The van der Waals surface area contributed by atoms with Crippen molar-refractivity contribution in [3.05, 3.63) is 41.7 Å². The maximum absolute atomic E-state index is 12.2. The van der Waals surface area contributed by atoms with Crippen LogP contribution in [0.3, 0.4) is 0 Å². The monoisotopic (exact) mass is 313 g/mol. The van der Waals surface area contributed by atoms with Crippen LogP contribution in [0.1, 0.15) is 29.0 Å². The highest BCUT2D eigenvalue weighted by molar-refractivity contribution is 7.89. The molecule has 1 unspecified atom stereocenters. The molecule has 0 aliphatic heterocycles. The summed E-state index contributed by atoms with van der Waals surface area (Å²) in [5.41, 5.74) is 0. The number of carbonyl (C=O) groups is 1. The van der Waals surface area contributed by atoms with Gasteiger partial charge in [-0.2, -0.15) is 0 Å². The van der Waals surface area contributed by atoms with Gasteiger partial charge in [-0.15, -0.1) is 0 Å². The lowest BCUT2D eigenvalue weighted by Gasteiger charge is -2.12. The number of hydrogen-bond donors (Lipinski definition) is 2. The van der Waals surface area contributed by atoms with Crippen LogP contribution in [0.2, 0.25) is 0 Å². The molecule has 1 atom stereocenters. The molecule has 7 nitrogen and oxygen atoms in total. The smallest absolute Gasteiger partial charge is 0.371 e. The fourth-order valence-corrected chi connectivity index (χ4v) is 3.36. The van der Waals surface area contributed by atoms with Crippen LogP contribution in [0.5, 0.6) is 0 Å². The van der Waals surface area contributed by atoms with Gasteiger partial charge in [-0.1, -0.05) is 0 Å². The quantitative estimate of drug-likeness (QED) is 0.841. The Morgan fingerprint density at radius 2 is 2.19 bits per heavy atom. The molecule has 0 bridgehead atoms. The van der Waals surface area contributed by atoms with Crippen LogP contribution in [-0.4, -0.2) is 25.5 Å². The normalized spacial score (nSPS) is 13.2. The molecular weight excluding hydrogens is 298 g/mol. The number of carboxylic acid groups (broad SMARTS) is 1. The summed E-state index contributed by atoms with van der Waals surface area (Å²) in [5.74, 6) is -1.04. The third-order valence-corrected chi connectivity index (χ3v) is 4.51. The molecule has 2 N–H and O–H groups in total. The molecule has 0 aliphatic carbocycles. The average molecular weight is 313 g/mol. The van der Waals surface area contributed by atoms with Gasteiger partial charge in [0.2, 0.25) is 15.8 Å². The number of rotatable bonds is 6. The lowest BCUT2D eigenvalue weighted by Crippen LogP contribution is -2.34. The number of hydrogen-bond acceptors (Lipinski definition) is 5. The number of furan rings is 2. The summed E-state index contributed by atoms with van der Waals surface area (Å²) in [6.45, 7) is 3.09. The van der Waals surface area contributed by atoms with Crippen LogP contribution in [0.4, 0.5) is 0 Å². The van der Waals surface area contributed by atoms with E-state index in [1.807, 2.05) is 0 Å². The minimum Gasteiger partial charge on any atom is -0.475 e. The Hall–Kier alpha value is -2.06. The summed E-state index contributed by atoms with van der Waals surface area (Å²) in [6.07, 6.45) is 1.89. The molecule has 0 amide bonds. The predicted molar refractivity (Wildman–Crippen MR) is 72.6 cm³/mol. The van der Waals surface area contributed by atoms with Crippen molar-refractivity contribution in [3.8, 4) is 0 Å². The fraction of sp³-hybridized carbons (Fsp3) is 0.308. The van der Waals surface area contributed by atoms with Crippen molar-refractivity contribution in [3.63, 3.8) is 0 Å². The fourth-order valence-electron chi connectivity index (χ4n) is 1.94. The Morgan fingerprint density at radius 1 is 1.48 bits per heavy atom. The van der Waals surface area contributed by atoms with Crippen molar-refractivity contribution >= 4 is 16.0 Å². The maximum atomic E-state index is 12.2. The molecule has 0 spiro atoms. The van der Waals surface area contributed by atoms with Gasteiger partial charge in [0.25, 0.3) is 0 Å². The molecule has 114 valence electrons. The van der Waals surface area contributed by atoms with Crippen molar-refractivity contribution < 1.29 is 27.2 Å². The largest absolute Gasteiger partial charge is 0.475 e. The van der Waals surface area contributed by atoms with Gasteiger partial charge in [0.15, 0.2) is 0 Å². The lowest BCUT2D eigenvalue weighted by molar-refractivity contribution is 0.0661. The molecule has 8 heteroatoms. The maximum Gasteiger partial charge on any atom is 0.371 e. The highest BCUT2D eigenvalue weighted by Gasteiger charge is 2.25. The van der Waals surface area contributed by atoms with E-state index >= 15 is 0 Å². The third kappa shape index (κ3) is 3.53. The summed E-state index contributed by atoms with van der Waals surface area (Å²) in [4.78, 5) is 10.6. The first-order chi connectivity index (χ1) is 9.79. The number of aryl methyl sites for hydroxylation is 1. The van der Waals surface area contributed by atoms with Gasteiger partial charge in [-0.25, -0.2) is 17.9 Å². The van der Waals surface area contributed by atoms with Crippen LogP contribution in [0.15, 0.2) is 38.2 Å². The van der Waals surface area contributed by atoms with Gasteiger partial charge < -0.3 is 13.9 Å². The zero-order valence-electron chi connectivity index (χ0n) is 11.5. The van der Waals surface area contributed by atoms with E-state index in [-0.39, 0.29) is 10.7 Å². The molecule has 2 heterocycles. The highest BCUT2D eigenvalue weighted by atomic mass is 32.2. The number of carboxylic acids is 1. The molecule has 2 rings (SSSR count). The van der Waals surface area contributed by atoms with Crippen molar-refractivity contribution in [1.29, 1.82) is 0 Å². The zero-order chi connectivity index (χ0) is 15.6. The van der Waals surface area contributed by atoms with E-state index < -0.39 is 27.8 Å². The average Bonchev–Trinajstić information content (AvgIpc) is 2.97. The van der Waals surface area contributed by atoms with Gasteiger partial charge in [-0.05, 0) is 26.0 Å². The number of nitrogens with one attached hydrogen (secondary N) is 1. The lowest BCUT2D eigenvalue weighted by atomic mass is 10.2. The van der Waals surface area contributed by atoms with E-state index in [1.165, 1.54) is 13.2 Å². The Labute approximate surface area is 121 Å². The second kappa shape index (κ2) is 5.74. The molecule has 0 saturated carbocycles. The first kappa shape index (κ1) is 15.3. The van der Waals surface area contributed by atoms with E-state index in [2.05, 4.69) is 4.72 Å². The number of aromatic carboxylic acids is 1. The summed E-state index contributed by atoms with van der Waals surface area (Å²) in [5, 5.41) is 8.82. The van der Waals surface area contributed by atoms with Crippen molar-refractivity contribution in [1.82, 2.24) is 4.72 Å². The Bertz CT molecular complexity index is 729. The van der Waals surface area contributed by atoms with Crippen LogP contribution < -0.4 is 4.72 Å². The topological polar surface area (TPSA) is 110 Å². The van der Waals surface area contributed by atoms with Gasteiger partial charge >= 0.3 is 5.97 Å². The van der Waals surface area contributed by atoms with Crippen molar-refractivity contribution in [2.24, 2.45) is 0 Å².